The average molecular weight is 453 g/mol. The van der Waals surface area contributed by atoms with E-state index >= 15 is 0 Å². The lowest BCUT2D eigenvalue weighted by Crippen LogP contribution is -2.50. The van der Waals surface area contributed by atoms with Gasteiger partial charge in [-0.15, -0.1) is 0 Å². The molecule has 2 N–H and O–H groups in total. The van der Waals surface area contributed by atoms with Gasteiger partial charge in [-0.25, -0.2) is 27.1 Å². The van der Waals surface area contributed by atoms with Crippen LogP contribution in [0.3, 0.4) is 0 Å². The minimum atomic E-state index is -4.06. The van der Waals surface area contributed by atoms with Crippen molar-refractivity contribution in [1.29, 1.82) is 0 Å². The minimum absolute atomic E-state index is 0.0586. The number of carbonyl (C=O) groups is 2. The van der Waals surface area contributed by atoms with Crippen LogP contribution in [-0.2, 0) is 30.9 Å². The van der Waals surface area contributed by atoms with E-state index in [0.29, 0.717) is 0 Å². The van der Waals surface area contributed by atoms with Gasteiger partial charge in [-0.3, -0.25) is 0 Å². The molecule has 0 heterocycles. The van der Waals surface area contributed by atoms with Gasteiger partial charge in [-0.2, -0.15) is 0 Å². The number of benzene rings is 2. The number of carbonyl (C=O) groups excluding carboxylic acids is 2. The van der Waals surface area contributed by atoms with E-state index in [1.807, 2.05) is 6.07 Å². The molecule has 168 valence electrons. The minimum Gasteiger partial charge on any atom is -0.459 e. The summed E-state index contributed by atoms with van der Waals surface area (Å²) in [6, 6.07) is 11.7. The van der Waals surface area contributed by atoms with Gasteiger partial charge in [0.25, 0.3) is 0 Å². The Hall–Kier alpha value is -2.98. The van der Waals surface area contributed by atoms with Crippen LogP contribution in [0.25, 0.3) is 0 Å². The predicted octanol–water partition coefficient (Wildman–Crippen LogP) is 2.74. The highest BCUT2D eigenvalue weighted by molar-refractivity contribution is 7.89. The largest absolute Gasteiger partial charge is 0.459 e. The Morgan fingerprint density at radius 2 is 1.65 bits per heavy atom. The summed E-state index contributed by atoms with van der Waals surface area (Å²) >= 11 is 0. The monoisotopic (exact) mass is 452 g/mol. The summed E-state index contributed by atoms with van der Waals surface area (Å²) in [7, 11) is -4.06. The molecule has 0 radical (unpaired) electrons. The fraction of sp³-hybridized carbons (Fsp3) is 0.333. The molecular formula is C21H25FN2O6S. The average Bonchev–Trinajstić information content (AvgIpc) is 2.69. The summed E-state index contributed by atoms with van der Waals surface area (Å²) < 4.78 is 50.5. The Balaban J connectivity index is 2.09. The Bertz CT molecular complexity index is 989. The first-order chi connectivity index (χ1) is 14.5. The Morgan fingerprint density at radius 1 is 1.03 bits per heavy atom. The number of rotatable bonds is 8. The molecular weight excluding hydrogens is 427 g/mol. The van der Waals surface area contributed by atoms with E-state index in [0.717, 1.165) is 29.8 Å². The molecule has 0 unspecified atom stereocenters. The second kappa shape index (κ2) is 10.4. The molecule has 8 nitrogen and oxygen atoms in total. The highest BCUT2D eigenvalue weighted by Crippen LogP contribution is 2.11. The van der Waals surface area contributed by atoms with E-state index in [1.54, 1.807) is 45.0 Å². The maximum atomic E-state index is 13.1. The van der Waals surface area contributed by atoms with E-state index in [2.05, 4.69) is 10.0 Å². The van der Waals surface area contributed by atoms with Crippen molar-refractivity contribution in [2.45, 2.75) is 43.9 Å². The van der Waals surface area contributed by atoms with Crippen LogP contribution >= 0.6 is 0 Å². The lowest BCUT2D eigenvalue weighted by molar-refractivity contribution is -0.147. The maximum absolute atomic E-state index is 13.1. The fourth-order valence-electron chi connectivity index (χ4n) is 2.36. The first-order valence-corrected chi connectivity index (χ1v) is 10.9. The van der Waals surface area contributed by atoms with Gasteiger partial charge in [0.05, 0.1) is 4.90 Å². The summed E-state index contributed by atoms with van der Waals surface area (Å²) in [5.74, 6) is -1.44. The molecule has 2 aromatic rings. The molecule has 0 fully saturated rings. The molecule has 0 saturated heterocycles. The SMILES string of the molecule is CC(C)(C)OC(=O)N[C@@H](CNS(=O)(=O)c1ccc(F)cc1)C(=O)OCc1ccccc1. The van der Waals surface area contributed by atoms with Gasteiger partial charge in [0, 0.05) is 6.54 Å². The lowest BCUT2D eigenvalue weighted by atomic mass is 10.2. The van der Waals surface area contributed by atoms with Gasteiger partial charge < -0.3 is 14.8 Å². The van der Waals surface area contributed by atoms with E-state index < -0.39 is 46.1 Å². The van der Waals surface area contributed by atoms with Crippen molar-refractivity contribution in [3.8, 4) is 0 Å². The third-order valence-corrected chi connectivity index (χ3v) is 5.24. The van der Waals surface area contributed by atoms with E-state index in [4.69, 9.17) is 9.47 Å². The van der Waals surface area contributed by atoms with Crippen LogP contribution < -0.4 is 10.0 Å². The zero-order valence-electron chi connectivity index (χ0n) is 17.4. The van der Waals surface area contributed by atoms with Gasteiger partial charge >= 0.3 is 12.1 Å². The van der Waals surface area contributed by atoms with Gasteiger partial charge in [0.1, 0.15) is 24.1 Å². The molecule has 0 saturated carbocycles. The summed E-state index contributed by atoms with van der Waals surface area (Å²) in [4.78, 5) is 24.5. The van der Waals surface area contributed by atoms with Crippen LogP contribution in [0.1, 0.15) is 26.3 Å². The molecule has 0 aromatic heterocycles. The zero-order valence-corrected chi connectivity index (χ0v) is 18.2. The zero-order chi connectivity index (χ0) is 23.1. The van der Waals surface area contributed by atoms with Crippen molar-refractivity contribution in [2.75, 3.05) is 6.54 Å². The summed E-state index contributed by atoms with van der Waals surface area (Å²) in [6.07, 6.45) is -0.907. The Morgan fingerprint density at radius 3 is 2.23 bits per heavy atom. The Labute approximate surface area is 180 Å². The van der Waals surface area contributed by atoms with Crippen molar-refractivity contribution in [2.24, 2.45) is 0 Å². The second-order valence-electron chi connectivity index (χ2n) is 7.60. The first-order valence-electron chi connectivity index (χ1n) is 9.41. The highest BCUT2D eigenvalue weighted by Gasteiger charge is 2.27. The van der Waals surface area contributed by atoms with E-state index in [-0.39, 0.29) is 11.5 Å². The van der Waals surface area contributed by atoms with Crippen molar-refractivity contribution in [3.63, 3.8) is 0 Å². The molecule has 0 bridgehead atoms. The molecule has 0 aliphatic heterocycles. The van der Waals surface area contributed by atoms with Crippen LogP contribution in [0.2, 0.25) is 0 Å². The molecule has 1 amide bonds. The van der Waals surface area contributed by atoms with Gasteiger partial charge in [-0.1, -0.05) is 30.3 Å². The standard InChI is InChI=1S/C21H25FN2O6S/c1-21(2,3)30-20(26)24-18(19(25)29-14-15-7-5-4-6-8-15)13-23-31(27,28)17-11-9-16(22)10-12-17/h4-12,18,23H,13-14H2,1-3H3,(H,24,26)/t18-/m0/s1. The van der Waals surface area contributed by atoms with Crippen molar-refractivity contribution >= 4 is 22.1 Å². The van der Waals surface area contributed by atoms with Crippen LogP contribution in [-0.4, -0.2) is 38.7 Å². The summed E-state index contributed by atoms with van der Waals surface area (Å²) in [5, 5.41) is 2.32. The molecule has 2 rings (SSSR count). The third kappa shape index (κ3) is 8.35. The molecule has 31 heavy (non-hydrogen) atoms. The molecule has 0 spiro atoms. The van der Waals surface area contributed by atoms with Gasteiger partial charge in [-0.05, 0) is 50.6 Å². The quantitative estimate of drug-likeness (QED) is 0.596. The maximum Gasteiger partial charge on any atom is 0.408 e. The number of amides is 1. The summed E-state index contributed by atoms with van der Waals surface area (Å²) in [6.45, 7) is 4.38. The highest BCUT2D eigenvalue weighted by atomic mass is 32.2. The summed E-state index contributed by atoms with van der Waals surface area (Å²) in [5.41, 5.74) is -0.102. The number of ether oxygens (including phenoxy) is 2. The number of sulfonamides is 1. The molecule has 1 atom stereocenters. The van der Waals surface area contributed by atoms with Crippen LogP contribution in [0.4, 0.5) is 9.18 Å². The topological polar surface area (TPSA) is 111 Å². The number of hydrogen-bond acceptors (Lipinski definition) is 6. The third-order valence-electron chi connectivity index (χ3n) is 3.80. The van der Waals surface area contributed by atoms with Crippen LogP contribution in [0.5, 0.6) is 0 Å². The predicted molar refractivity (Wildman–Crippen MR) is 111 cm³/mol. The Kier molecular flexibility index (Phi) is 8.12. The number of halogens is 1. The number of hydrogen-bond donors (Lipinski definition) is 2. The molecule has 0 aliphatic rings. The van der Waals surface area contributed by atoms with Crippen molar-refractivity contribution in [3.05, 3.63) is 66.0 Å². The number of nitrogens with one attached hydrogen (secondary N) is 2. The molecule has 10 heteroatoms. The lowest BCUT2D eigenvalue weighted by Gasteiger charge is -2.23. The number of alkyl carbamates (subject to hydrolysis) is 1. The second-order valence-corrected chi connectivity index (χ2v) is 9.36. The van der Waals surface area contributed by atoms with Crippen LogP contribution in [0.15, 0.2) is 59.5 Å². The molecule has 2 aromatic carbocycles. The first kappa shape index (κ1) is 24.3. The van der Waals surface area contributed by atoms with Crippen LogP contribution in [0, 0.1) is 5.82 Å². The van der Waals surface area contributed by atoms with E-state index in [1.165, 1.54) is 0 Å². The van der Waals surface area contributed by atoms with Crippen molar-refractivity contribution < 1.29 is 31.9 Å². The van der Waals surface area contributed by atoms with Crippen molar-refractivity contribution in [1.82, 2.24) is 10.0 Å². The van der Waals surface area contributed by atoms with Gasteiger partial charge in [0.15, 0.2) is 0 Å². The smallest absolute Gasteiger partial charge is 0.408 e. The normalized spacial score (nSPS) is 12.6. The number of esters is 1. The fourth-order valence-corrected chi connectivity index (χ4v) is 3.41. The van der Waals surface area contributed by atoms with Gasteiger partial charge in [0.2, 0.25) is 10.0 Å². The van der Waals surface area contributed by atoms with E-state index in [9.17, 15) is 22.4 Å². The molecule has 0 aliphatic carbocycles.